The Labute approximate surface area is 146 Å². The standard InChI is InChI=1S/C19H18ClNO3/c1-13-5-2-3-6-16(13)21-18(22)8-7-14-11-15(20)19-17(12-14)23-9-4-10-24-19/h2-3,5-8,11-12H,4,9-10H2,1H3,(H,21,22). The summed E-state index contributed by atoms with van der Waals surface area (Å²) in [5, 5.41) is 3.33. The molecule has 24 heavy (non-hydrogen) atoms. The van der Waals surface area contributed by atoms with Crippen molar-refractivity contribution in [2.45, 2.75) is 13.3 Å². The third-order valence-corrected chi connectivity index (χ3v) is 3.94. The van der Waals surface area contributed by atoms with Crippen LogP contribution < -0.4 is 14.8 Å². The molecule has 0 saturated carbocycles. The minimum absolute atomic E-state index is 0.201. The Morgan fingerprint density at radius 1 is 1.21 bits per heavy atom. The number of halogens is 1. The first kappa shape index (κ1) is 16.4. The highest BCUT2D eigenvalue weighted by Gasteiger charge is 2.14. The van der Waals surface area contributed by atoms with Crippen molar-refractivity contribution in [3.8, 4) is 11.5 Å². The molecule has 1 amide bonds. The largest absolute Gasteiger partial charge is 0.489 e. The number of hydrogen-bond donors (Lipinski definition) is 1. The van der Waals surface area contributed by atoms with Gasteiger partial charge in [-0.05, 0) is 42.3 Å². The molecule has 1 N–H and O–H groups in total. The number of anilines is 1. The smallest absolute Gasteiger partial charge is 0.248 e. The second-order valence-corrected chi connectivity index (χ2v) is 5.93. The number of rotatable bonds is 3. The number of carbonyl (C=O) groups excluding carboxylic acids is 1. The first-order chi connectivity index (χ1) is 11.6. The summed E-state index contributed by atoms with van der Waals surface area (Å²) >= 11 is 6.25. The van der Waals surface area contributed by atoms with Crippen LogP contribution in [0.3, 0.4) is 0 Å². The molecule has 0 aliphatic carbocycles. The first-order valence-corrected chi connectivity index (χ1v) is 8.15. The van der Waals surface area contributed by atoms with Gasteiger partial charge in [0.2, 0.25) is 5.91 Å². The van der Waals surface area contributed by atoms with Crippen LogP contribution in [0.15, 0.2) is 42.5 Å². The highest BCUT2D eigenvalue weighted by atomic mass is 35.5. The van der Waals surface area contributed by atoms with Gasteiger partial charge in [0.05, 0.1) is 18.2 Å². The van der Waals surface area contributed by atoms with E-state index in [1.807, 2.05) is 37.3 Å². The fourth-order valence-corrected chi connectivity index (χ4v) is 2.68. The Morgan fingerprint density at radius 2 is 2.00 bits per heavy atom. The SMILES string of the molecule is Cc1ccccc1NC(=O)C=Cc1cc(Cl)c2c(c1)OCCCO2. The molecule has 0 saturated heterocycles. The molecule has 5 heteroatoms. The molecule has 0 unspecified atom stereocenters. The van der Waals surface area contributed by atoms with E-state index in [1.54, 1.807) is 12.1 Å². The van der Waals surface area contributed by atoms with E-state index in [1.165, 1.54) is 6.08 Å². The first-order valence-electron chi connectivity index (χ1n) is 7.77. The van der Waals surface area contributed by atoms with Crippen LogP contribution in [0, 0.1) is 6.92 Å². The van der Waals surface area contributed by atoms with Crippen LogP contribution >= 0.6 is 11.6 Å². The predicted molar refractivity (Wildman–Crippen MR) is 95.9 cm³/mol. The maximum Gasteiger partial charge on any atom is 0.248 e. The number of aryl methyl sites for hydroxylation is 1. The second-order valence-electron chi connectivity index (χ2n) is 5.52. The topological polar surface area (TPSA) is 47.6 Å². The average molecular weight is 344 g/mol. The van der Waals surface area contributed by atoms with Crippen LogP contribution in [-0.2, 0) is 4.79 Å². The van der Waals surface area contributed by atoms with Gasteiger partial charge in [0, 0.05) is 18.2 Å². The number of benzene rings is 2. The summed E-state index contributed by atoms with van der Waals surface area (Å²) in [4.78, 5) is 12.1. The van der Waals surface area contributed by atoms with Gasteiger partial charge in [-0.25, -0.2) is 0 Å². The summed E-state index contributed by atoms with van der Waals surface area (Å²) in [6.45, 7) is 3.12. The van der Waals surface area contributed by atoms with Gasteiger partial charge in [0.25, 0.3) is 0 Å². The van der Waals surface area contributed by atoms with Crippen LogP contribution in [0.5, 0.6) is 11.5 Å². The van der Waals surface area contributed by atoms with E-state index in [0.717, 1.165) is 23.2 Å². The van der Waals surface area contributed by atoms with Crippen LogP contribution in [0.25, 0.3) is 6.08 Å². The maximum atomic E-state index is 12.1. The Hall–Kier alpha value is -2.46. The number of hydrogen-bond acceptors (Lipinski definition) is 3. The summed E-state index contributed by atoms with van der Waals surface area (Å²) < 4.78 is 11.2. The minimum atomic E-state index is -0.201. The summed E-state index contributed by atoms with van der Waals surface area (Å²) in [7, 11) is 0. The zero-order valence-electron chi connectivity index (χ0n) is 13.3. The monoisotopic (exact) mass is 343 g/mol. The second kappa shape index (κ2) is 7.41. The molecular formula is C19H18ClNO3. The predicted octanol–water partition coefficient (Wildman–Crippen LogP) is 4.46. The van der Waals surface area contributed by atoms with Crippen molar-refractivity contribution in [2.24, 2.45) is 0 Å². The molecule has 1 aliphatic heterocycles. The molecule has 1 aliphatic rings. The lowest BCUT2D eigenvalue weighted by Crippen LogP contribution is -2.08. The molecule has 0 spiro atoms. The Kier molecular flexibility index (Phi) is 5.06. The molecule has 0 atom stereocenters. The zero-order chi connectivity index (χ0) is 16.9. The summed E-state index contributed by atoms with van der Waals surface area (Å²) in [6.07, 6.45) is 3.99. The number of fused-ring (bicyclic) bond motifs is 1. The summed E-state index contributed by atoms with van der Waals surface area (Å²) in [6, 6.07) is 11.2. The van der Waals surface area contributed by atoms with Crippen molar-refractivity contribution in [3.63, 3.8) is 0 Å². The fraction of sp³-hybridized carbons (Fsp3) is 0.211. The molecule has 4 nitrogen and oxygen atoms in total. The summed E-state index contributed by atoms with van der Waals surface area (Å²) in [5.41, 5.74) is 2.59. The molecular weight excluding hydrogens is 326 g/mol. The molecule has 0 bridgehead atoms. The Balaban J connectivity index is 1.74. The Morgan fingerprint density at radius 3 is 2.83 bits per heavy atom. The summed E-state index contributed by atoms with van der Waals surface area (Å²) in [5.74, 6) is 0.974. The number of ether oxygens (including phenoxy) is 2. The molecule has 1 heterocycles. The number of carbonyl (C=O) groups is 1. The van der Waals surface area contributed by atoms with Crippen molar-refractivity contribution in [2.75, 3.05) is 18.5 Å². The van der Waals surface area contributed by atoms with E-state index in [-0.39, 0.29) is 5.91 Å². The maximum absolute atomic E-state index is 12.1. The van der Waals surface area contributed by atoms with Gasteiger partial charge in [-0.3, -0.25) is 4.79 Å². The highest BCUT2D eigenvalue weighted by molar-refractivity contribution is 6.32. The molecule has 0 fully saturated rings. The van der Waals surface area contributed by atoms with Crippen molar-refractivity contribution in [1.82, 2.24) is 0 Å². The highest BCUT2D eigenvalue weighted by Crippen LogP contribution is 2.38. The van der Waals surface area contributed by atoms with Crippen LogP contribution in [0.2, 0.25) is 5.02 Å². The lowest BCUT2D eigenvalue weighted by Gasteiger charge is -2.10. The number of amides is 1. The molecule has 2 aromatic rings. The van der Waals surface area contributed by atoms with E-state index in [4.69, 9.17) is 21.1 Å². The van der Waals surface area contributed by atoms with Gasteiger partial charge in [0.1, 0.15) is 0 Å². The molecule has 124 valence electrons. The van der Waals surface area contributed by atoms with Gasteiger partial charge >= 0.3 is 0 Å². The fourth-order valence-electron chi connectivity index (χ4n) is 2.41. The average Bonchev–Trinajstić information content (AvgIpc) is 2.81. The van der Waals surface area contributed by atoms with Gasteiger partial charge in [-0.15, -0.1) is 0 Å². The number of para-hydroxylation sites is 1. The Bertz CT molecular complexity index is 786. The van der Waals surface area contributed by atoms with E-state index >= 15 is 0 Å². The van der Waals surface area contributed by atoms with Crippen LogP contribution in [0.1, 0.15) is 17.5 Å². The zero-order valence-corrected chi connectivity index (χ0v) is 14.1. The van der Waals surface area contributed by atoms with Gasteiger partial charge in [-0.1, -0.05) is 29.8 Å². The van der Waals surface area contributed by atoms with Crippen molar-refractivity contribution < 1.29 is 14.3 Å². The van der Waals surface area contributed by atoms with Crippen LogP contribution in [-0.4, -0.2) is 19.1 Å². The third-order valence-electron chi connectivity index (χ3n) is 3.65. The molecule has 3 rings (SSSR count). The number of nitrogens with one attached hydrogen (secondary N) is 1. The van der Waals surface area contributed by atoms with Gasteiger partial charge in [-0.2, -0.15) is 0 Å². The molecule has 0 aromatic heterocycles. The molecule has 2 aromatic carbocycles. The van der Waals surface area contributed by atoms with E-state index in [9.17, 15) is 4.79 Å². The van der Waals surface area contributed by atoms with Gasteiger partial charge in [0.15, 0.2) is 11.5 Å². The van der Waals surface area contributed by atoms with Crippen molar-refractivity contribution in [1.29, 1.82) is 0 Å². The minimum Gasteiger partial charge on any atom is -0.489 e. The lowest BCUT2D eigenvalue weighted by atomic mass is 10.1. The van der Waals surface area contributed by atoms with E-state index in [2.05, 4.69) is 5.32 Å². The normalized spacial score (nSPS) is 13.6. The van der Waals surface area contributed by atoms with Crippen LogP contribution in [0.4, 0.5) is 5.69 Å². The van der Waals surface area contributed by atoms with E-state index < -0.39 is 0 Å². The quantitative estimate of drug-likeness (QED) is 0.837. The molecule has 0 radical (unpaired) electrons. The van der Waals surface area contributed by atoms with Crippen molar-refractivity contribution >= 4 is 29.3 Å². The van der Waals surface area contributed by atoms with Crippen molar-refractivity contribution in [3.05, 3.63) is 58.6 Å². The van der Waals surface area contributed by atoms with E-state index in [0.29, 0.717) is 29.7 Å². The lowest BCUT2D eigenvalue weighted by molar-refractivity contribution is -0.111. The van der Waals surface area contributed by atoms with Gasteiger partial charge < -0.3 is 14.8 Å². The third kappa shape index (κ3) is 3.89.